The predicted octanol–water partition coefficient (Wildman–Crippen LogP) is 4.80. The summed E-state index contributed by atoms with van der Waals surface area (Å²) < 4.78 is 47.4. The fourth-order valence-electron chi connectivity index (χ4n) is 2.96. The number of esters is 1. The quantitative estimate of drug-likeness (QED) is 0.263. The zero-order chi connectivity index (χ0) is 23.5. The van der Waals surface area contributed by atoms with Crippen LogP contribution < -0.4 is 4.72 Å². The average molecular weight is 488 g/mol. The van der Waals surface area contributed by atoms with Crippen LogP contribution in [-0.4, -0.2) is 45.9 Å². The molecule has 1 aromatic carbocycles. The average Bonchev–Trinajstić information content (AvgIpc) is 3.27. The molecule has 1 unspecified atom stereocenters. The predicted molar refractivity (Wildman–Crippen MR) is 116 cm³/mol. The Kier molecular flexibility index (Phi) is 7.51. The van der Waals surface area contributed by atoms with Gasteiger partial charge in [0.15, 0.2) is 0 Å². The maximum Gasteiger partial charge on any atom is 0.415 e. The molecule has 8 nitrogen and oxygen atoms in total. The lowest BCUT2D eigenvalue weighted by Crippen LogP contribution is -2.34. The minimum absolute atomic E-state index is 0.177. The maximum absolute atomic E-state index is 12.7. The van der Waals surface area contributed by atoms with E-state index in [4.69, 9.17) is 4.74 Å². The Morgan fingerprint density at radius 3 is 2.75 bits per heavy atom. The van der Waals surface area contributed by atoms with E-state index in [1.165, 1.54) is 0 Å². The number of nitroso groups, excluding NO2 is 1. The van der Waals surface area contributed by atoms with Crippen molar-refractivity contribution in [3.05, 3.63) is 39.4 Å². The summed E-state index contributed by atoms with van der Waals surface area (Å²) in [4.78, 5) is 28.2. The van der Waals surface area contributed by atoms with Crippen molar-refractivity contribution in [3.63, 3.8) is 0 Å². The molecule has 13 heteroatoms. The molecule has 0 amide bonds. The summed E-state index contributed by atoms with van der Waals surface area (Å²) in [7, 11) is 0. The lowest BCUT2D eigenvalue weighted by Gasteiger charge is -2.15. The van der Waals surface area contributed by atoms with Gasteiger partial charge in [-0.2, -0.15) is 18.1 Å². The maximum atomic E-state index is 12.7. The van der Waals surface area contributed by atoms with Crippen LogP contribution in [0.25, 0.3) is 16.2 Å². The van der Waals surface area contributed by atoms with Crippen molar-refractivity contribution in [1.29, 1.82) is 0 Å². The van der Waals surface area contributed by atoms with E-state index in [-0.39, 0.29) is 11.6 Å². The van der Waals surface area contributed by atoms with Crippen molar-refractivity contribution in [2.75, 3.05) is 13.2 Å². The monoisotopic (exact) mass is 487 g/mol. The lowest BCUT2D eigenvalue weighted by atomic mass is 10.1. The number of carbonyl (C=O) groups is 1. The molecule has 0 aliphatic carbocycles. The Labute approximate surface area is 189 Å². The van der Waals surface area contributed by atoms with Gasteiger partial charge in [0, 0.05) is 17.0 Å². The topological polar surface area (TPSA) is 98.0 Å². The number of carbonyl (C=O) groups excluding carboxylic acids is 1. The van der Waals surface area contributed by atoms with Gasteiger partial charge in [0.2, 0.25) is 16.0 Å². The van der Waals surface area contributed by atoms with Crippen molar-refractivity contribution in [1.82, 2.24) is 19.3 Å². The zero-order valence-electron chi connectivity index (χ0n) is 17.4. The number of nitrogens with one attached hydrogen (secondary N) is 1. The molecule has 0 saturated carbocycles. The second-order valence-electron chi connectivity index (χ2n) is 6.66. The van der Waals surface area contributed by atoms with E-state index < -0.39 is 24.7 Å². The third kappa shape index (κ3) is 5.10. The van der Waals surface area contributed by atoms with E-state index in [2.05, 4.69) is 20.0 Å². The van der Waals surface area contributed by atoms with Crippen molar-refractivity contribution < 1.29 is 22.7 Å². The lowest BCUT2D eigenvalue weighted by molar-refractivity contribution is -0.145. The molecular formula is C19H20F3N5O3S2. The molecule has 0 bridgehead atoms. The summed E-state index contributed by atoms with van der Waals surface area (Å²) in [5.74, 6) is -0.531. The minimum Gasteiger partial charge on any atom is -0.461 e. The first-order valence-electron chi connectivity index (χ1n) is 9.65. The minimum atomic E-state index is -4.70. The molecule has 0 radical (unpaired) electrons. The number of ether oxygens (including phenoxy) is 1. The molecular weight excluding hydrogens is 467 g/mol. The first-order valence-corrected chi connectivity index (χ1v) is 11.3. The van der Waals surface area contributed by atoms with Crippen molar-refractivity contribution in [2.45, 2.75) is 44.3 Å². The van der Waals surface area contributed by atoms with Gasteiger partial charge in [-0.05, 0) is 43.8 Å². The summed E-state index contributed by atoms with van der Waals surface area (Å²) in [5, 5.41) is 6.66. The van der Waals surface area contributed by atoms with E-state index >= 15 is 0 Å². The van der Waals surface area contributed by atoms with E-state index in [9.17, 15) is 22.9 Å². The Morgan fingerprint density at radius 2 is 2.12 bits per heavy atom. The van der Waals surface area contributed by atoms with Crippen molar-refractivity contribution in [3.8, 4) is 11.3 Å². The van der Waals surface area contributed by atoms with Gasteiger partial charge in [-0.25, -0.2) is 14.3 Å². The summed E-state index contributed by atoms with van der Waals surface area (Å²) in [6.45, 7) is 5.03. The molecule has 0 aliphatic rings. The summed E-state index contributed by atoms with van der Waals surface area (Å²) in [5.41, 5.74) is 3.00. The van der Waals surface area contributed by atoms with Gasteiger partial charge in [-0.1, -0.05) is 35.6 Å². The van der Waals surface area contributed by atoms with Gasteiger partial charge in [0.05, 0.1) is 18.0 Å². The first kappa shape index (κ1) is 24.1. The molecule has 1 N–H and O–H groups in total. The third-order valence-corrected chi connectivity index (χ3v) is 6.31. The van der Waals surface area contributed by atoms with Crippen LogP contribution in [0.3, 0.4) is 0 Å². The van der Waals surface area contributed by atoms with Crippen LogP contribution >= 0.6 is 23.3 Å². The second kappa shape index (κ2) is 9.96. The smallest absolute Gasteiger partial charge is 0.415 e. The Balaban J connectivity index is 1.90. The molecule has 3 aromatic rings. The summed E-state index contributed by atoms with van der Waals surface area (Å²) in [6, 6.07) is 3.23. The number of rotatable bonds is 9. The van der Waals surface area contributed by atoms with Gasteiger partial charge in [0.25, 0.3) is 0 Å². The van der Waals surface area contributed by atoms with Crippen LogP contribution in [-0.2, 0) is 11.2 Å². The van der Waals surface area contributed by atoms with Crippen LogP contribution in [0.4, 0.5) is 13.2 Å². The Hall–Kier alpha value is -2.51. The number of imidazole rings is 1. The molecule has 1 atom stereocenters. The number of fused-ring (bicyclic) bond motifs is 1. The number of aryl methyl sites for hydroxylation is 2. The molecule has 0 aliphatic heterocycles. The van der Waals surface area contributed by atoms with Crippen LogP contribution in [0.1, 0.15) is 34.9 Å². The molecule has 172 valence electrons. The van der Waals surface area contributed by atoms with E-state index in [1.54, 1.807) is 11.4 Å². The van der Waals surface area contributed by atoms with Gasteiger partial charge in [0.1, 0.15) is 0 Å². The fraction of sp³-hybridized carbons (Fsp3) is 0.421. The number of aromatic nitrogens is 3. The second-order valence-corrected chi connectivity index (χ2v) is 8.55. The van der Waals surface area contributed by atoms with Crippen LogP contribution in [0.5, 0.6) is 0 Å². The SMILES string of the molecule is CCOC(=O)c1nn2c(-c3ccc(CC)c(SNCC(N=O)C(F)(F)F)c3)c(C)nc2s1. The van der Waals surface area contributed by atoms with Crippen LogP contribution in [0.15, 0.2) is 28.3 Å². The number of hydrogen-bond donors (Lipinski definition) is 1. The van der Waals surface area contributed by atoms with Gasteiger partial charge in [-0.15, -0.1) is 5.10 Å². The number of hydrogen-bond acceptors (Lipinski definition) is 9. The summed E-state index contributed by atoms with van der Waals surface area (Å²) >= 11 is 2.11. The van der Waals surface area contributed by atoms with E-state index in [0.29, 0.717) is 27.7 Å². The highest BCUT2D eigenvalue weighted by Gasteiger charge is 2.40. The molecule has 3 rings (SSSR count). The van der Waals surface area contributed by atoms with Gasteiger partial charge < -0.3 is 4.74 Å². The molecule has 2 heterocycles. The van der Waals surface area contributed by atoms with Gasteiger partial charge >= 0.3 is 12.1 Å². The van der Waals surface area contributed by atoms with Crippen molar-refractivity contribution in [2.24, 2.45) is 5.18 Å². The molecule has 0 saturated heterocycles. The number of nitrogens with zero attached hydrogens (tertiary/aromatic N) is 4. The summed E-state index contributed by atoms with van der Waals surface area (Å²) in [6.07, 6.45) is -4.05. The van der Waals surface area contributed by atoms with E-state index in [1.807, 2.05) is 32.0 Å². The van der Waals surface area contributed by atoms with Crippen LogP contribution in [0.2, 0.25) is 0 Å². The fourth-order valence-corrected chi connectivity index (χ4v) is 4.72. The Bertz CT molecular complexity index is 1130. The molecule has 32 heavy (non-hydrogen) atoms. The standard InChI is InChI=1S/C19H20F3N5O3S2/c1-4-11-6-7-12(8-13(11)32-23-9-14(26-29)19(20,21)22)15-10(3)24-18-27(15)25-16(31-18)17(28)30-5-2/h6-8,14,23H,4-5,9H2,1-3H3. The third-order valence-electron chi connectivity index (χ3n) is 4.51. The molecule has 0 spiro atoms. The molecule has 2 aromatic heterocycles. The van der Waals surface area contributed by atoms with Crippen molar-refractivity contribution >= 4 is 34.2 Å². The van der Waals surface area contributed by atoms with Gasteiger partial charge in [-0.3, -0.25) is 4.72 Å². The molecule has 0 fully saturated rings. The highest BCUT2D eigenvalue weighted by Crippen LogP contribution is 2.32. The zero-order valence-corrected chi connectivity index (χ0v) is 19.0. The van der Waals surface area contributed by atoms with E-state index in [0.717, 1.165) is 34.4 Å². The number of halogens is 3. The number of alkyl halides is 3. The van der Waals surface area contributed by atoms with Crippen LogP contribution in [0, 0.1) is 11.8 Å². The first-order chi connectivity index (χ1) is 15.2. The normalized spacial score (nSPS) is 12.8. The highest BCUT2D eigenvalue weighted by molar-refractivity contribution is 7.97. The largest absolute Gasteiger partial charge is 0.461 e. The Morgan fingerprint density at radius 1 is 1.38 bits per heavy atom. The highest BCUT2D eigenvalue weighted by atomic mass is 32.2. The number of benzene rings is 1.